The van der Waals surface area contributed by atoms with Crippen LogP contribution in [0.25, 0.3) is 0 Å². The maximum absolute atomic E-state index is 11.1. The Morgan fingerprint density at radius 1 is 1.33 bits per heavy atom. The van der Waals surface area contributed by atoms with Crippen molar-refractivity contribution in [2.75, 3.05) is 37.6 Å². The van der Waals surface area contributed by atoms with Crippen LogP contribution in [-0.4, -0.2) is 53.6 Å². The lowest BCUT2D eigenvalue weighted by molar-refractivity contribution is -0.384. The first-order chi connectivity index (χ1) is 9.97. The van der Waals surface area contributed by atoms with Crippen molar-refractivity contribution in [2.24, 2.45) is 0 Å². The third kappa shape index (κ3) is 3.91. The molecule has 7 nitrogen and oxygen atoms in total. The largest absolute Gasteiger partial charge is 0.481 e. The second-order valence-electron chi connectivity index (χ2n) is 5.22. The molecule has 1 N–H and O–H groups in total. The van der Waals surface area contributed by atoms with Crippen molar-refractivity contribution in [1.29, 1.82) is 0 Å². The fourth-order valence-electron chi connectivity index (χ4n) is 2.51. The van der Waals surface area contributed by atoms with Crippen LogP contribution in [0.15, 0.2) is 18.2 Å². The molecular formula is C14H19N3O4. The van der Waals surface area contributed by atoms with Gasteiger partial charge in [-0.3, -0.25) is 19.8 Å². The molecule has 2 rings (SSSR count). The molecule has 0 aliphatic carbocycles. The molecule has 0 saturated carbocycles. The summed E-state index contributed by atoms with van der Waals surface area (Å²) in [5.41, 5.74) is 1.77. The summed E-state index contributed by atoms with van der Waals surface area (Å²) in [6.45, 7) is 5.22. The lowest BCUT2D eigenvalue weighted by Crippen LogP contribution is -2.47. The molecule has 1 aliphatic rings. The van der Waals surface area contributed by atoms with Gasteiger partial charge in [0.15, 0.2) is 0 Å². The highest BCUT2D eigenvalue weighted by Gasteiger charge is 2.23. The number of nitro groups is 1. The zero-order chi connectivity index (χ0) is 15.4. The topological polar surface area (TPSA) is 86.9 Å². The van der Waals surface area contributed by atoms with Gasteiger partial charge in [0.2, 0.25) is 0 Å². The first-order valence-corrected chi connectivity index (χ1v) is 6.91. The van der Waals surface area contributed by atoms with Crippen LogP contribution in [0, 0.1) is 17.0 Å². The second-order valence-corrected chi connectivity index (χ2v) is 5.22. The lowest BCUT2D eigenvalue weighted by atomic mass is 10.1. The van der Waals surface area contributed by atoms with E-state index >= 15 is 0 Å². The van der Waals surface area contributed by atoms with Crippen LogP contribution in [-0.2, 0) is 4.79 Å². The van der Waals surface area contributed by atoms with Crippen LogP contribution in [0.3, 0.4) is 0 Å². The fourth-order valence-corrected chi connectivity index (χ4v) is 2.51. The van der Waals surface area contributed by atoms with Gasteiger partial charge < -0.3 is 10.0 Å². The monoisotopic (exact) mass is 293 g/mol. The van der Waals surface area contributed by atoms with Crippen LogP contribution < -0.4 is 4.90 Å². The molecule has 1 aromatic rings. The van der Waals surface area contributed by atoms with Crippen molar-refractivity contribution in [3.63, 3.8) is 0 Å². The quantitative estimate of drug-likeness (QED) is 0.654. The Hall–Kier alpha value is -2.15. The van der Waals surface area contributed by atoms with Gasteiger partial charge in [-0.25, -0.2) is 0 Å². The van der Waals surface area contributed by atoms with Crippen molar-refractivity contribution in [1.82, 2.24) is 4.90 Å². The lowest BCUT2D eigenvalue weighted by Gasteiger charge is -2.35. The minimum atomic E-state index is -0.799. The maximum atomic E-state index is 11.1. The molecule has 1 aromatic carbocycles. The van der Waals surface area contributed by atoms with E-state index in [1.807, 2.05) is 17.9 Å². The molecule has 0 aromatic heterocycles. The van der Waals surface area contributed by atoms with Crippen molar-refractivity contribution >= 4 is 17.3 Å². The highest BCUT2D eigenvalue weighted by Crippen LogP contribution is 2.29. The molecule has 1 fully saturated rings. The summed E-state index contributed by atoms with van der Waals surface area (Å²) in [5, 5.41) is 19.8. The third-order valence-electron chi connectivity index (χ3n) is 3.68. The summed E-state index contributed by atoms with van der Waals surface area (Å²) in [6, 6.07) is 5.12. The summed E-state index contributed by atoms with van der Waals surface area (Å²) in [7, 11) is 0. The first-order valence-electron chi connectivity index (χ1n) is 6.91. The number of aliphatic carboxylic acids is 1. The molecule has 0 bridgehead atoms. The number of benzene rings is 1. The predicted molar refractivity (Wildman–Crippen MR) is 78.7 cm³/mol. The molecule has 0 amide bonds. The second kappa shape index (κ2) is 6.53. The number of nitro benzene ring substituents is 1. The van der Waals surface area contributed by atoms with Gasteiger partial charge in [-0.15, -0.1) is 0 Å². The molecule has 0 atom stereocenters. The first kappa shape index (κ1) is 15.2. The van der Waals surface area contributed by atoms with Gasteiger partial charge in [0.1, 0.15) is 5.69 Å². The van der Waals surface area contributed by atoms with E-state index in [9.17, 15) is 14.9 Å². The van der Waals surface area contributed by atoms with Crippen molar-refractivity contribution in [3.8, 4) is 0 Å². The van der Waals surface area contributed by atoms with Gasteiger partial charge in [0.05, 0.1) is 11.3 Å². The van der Waals surface area contributed by atoms with E-state index < -0.39 is 5.97 Å². The van der Waals surface area contributed by atoms with Gasteiger partial charge in [0.25, 0.3) is 5.69 Å². The molecule has 7 heteroatoms. The summed E-state index contributed by atoms with van der Waals surface area (Å²) in [5.74, 6) is -0.799. The van der Waals surface area contributed by atoms with Gasteiger partial charge in [-0.1, -0.05) is 6.07 Å². The average Bonchev–Trinajstić information content (AvgIpc) is 2.45. The Bertz CT molecular complexity index is 539. The van der Waals surface area contributed by atoms with Crippen LogP contribution in [0.5, 0.6) is 0 Å². The summed E-state index contributed by atoms with van der Waals surface area (Å²) in [4.78, 5) is 25.4. The maximum Gasteiger partial charge on any atom is 0.304 e. The van der Waals surface area contributed by atoms with Crippen molar-refractivity contribution < 1.29 is 14.8 Å². The van der Waals surface area contributed by atoms with Gasteiger partial charge in [0, 0.05) is 38.8 Å². The SMILES string of the molecule is Cc1ccc([N+](=O)[O-])c(N2CCN(CCC(=O)O)CC2)c1. The Morgan fingerprint density at radius 2 is 2.00 bits per heavy atom. The normalized spacial score (nSPS) is 16.0. The molecule has 1 heterocycles. The number of nitrogens with zero attached hydrogens (tertiary/aromatic N) is 3. The zero-order valence-corrected chi connectivity index (χ0v) is 12.0. The smallest absolute Gasteiger partial charge is 0.304 e. The molecule has 1 saturated heterocycles. The van der Waals surface area contributed by atoms with Crippen LogP contribution in [0.4, 0.5) is 11.4 Å². The molecule has 1 aliphatic heterocycles. The molecule has 0 radical (unpaired) electrons. The molecule has 21 heavy (non-hydrogen) atoms. The molecule has 0 unspecified atom stereocenters. The molecular weight excluding hydrogens is 274 g/mol. The minimum absolute atomic E-state index is 0.125. The van der Waals surface area contributed by atoms with Gasteiger partial charge in [-0.05, 0) is 18.6 Å². The standard InChI is InChI=1S/C14H19N3O4/c1-11-2-3-12(17(20)21)13(10-11)16-8-6-15(7-9-16)5-4-14(18)19/h2-3,10H,4-9H2,1H3,(H,18,19). The molecule has 0 spiro atoms. The highest BCUT2D eigenvalue weighted by molar-refractivity contribution is 5.67. The van der Waals surface area contributed by atoms with E-state index in [2.05, 4.69) is 4.90 Å². The van der Waals surface area contributed by atoms with Gasteiger partial charge >= 0.3 is 5.97 Å². The number of hydrogen-bond donors (Lipinski definition) is 1. The number of piperazine rings is 1. The Morgan fingerprint density at radius 3 is 2.57 bits per heavy atom. The average molecular weight is 293 g/mol. The number of anilines is 1. The van der Waals surface area contributed by atoms with Crippen LogP contribution in [0.2, 0.25) is 0 Å². The summed E-state index contributed by atoms with van der Waals surface area (Å²) >= 11 is 0. The van der Waals surface area contributed by atoms with E-state index in [0.29, 0.717) is 25.3 Å². The van der Waals surface area contributed by atoms with Crippen molar-refractivity contribution in [3.05, 3.63) is 33.9 Å². The number of rotatable bonds is 5. The summed E-state index contributed by atoms with van der Waals surface area (Å²) in [6.07, 6.45) is 0.130. The van der Waals surface area contributed by atoms with E-state index in [-0.39, 0.29) is 17.0 Å². The van der Waals surface area contributed by atoms with E-state index in [4.69, 9.17) is 5.11 Å². The minimum Gasteiger partial charge on any atom is -0.481 e. The van der Waals surface area contributed by atoms with E-state index in [0.717, 1.165) is 18.7 Å². The zero-order valence-electron chi connectivity index (χ0n) is 12.0. The summed E-state index contributed by atoms with van der Waals surface area (Å²) < 4.78 is 0. The number of carboxylic acid groups (broad SMARTS) is 1. The van der Waals surface area contributed by atoms with Crippen molar-refractivity contribution in [2.45, 2.75) is 13.3 Å². The Balaban J connectivity index is 2.03. The fraction of sp³-hybridized carbons (Fsp3) is 0.500. The van der Waals surface area contributed by atoms with Crippen LogP contribution >= 0.6 is 0 Å². The van der Waals surface area contributed by atoms with E-state index in [1.165, 1.54) is 0 Å². The van der Waals surface area contributed by atoms with E-state index in [1.54, 1.807) is 12.1 Å². The number of carboxylic acids is 1. The molecule has 114 valence electrons. The third-order valence-corrected chi connectivity index (χ3v) is 3.68. The number of hydrogen-bond acceptors (Lipinski definition) is 5. The Labute approximate surface area is 122 Å². The number of aryl methyl sites for hydroxylation is 1. The highest BCUT2D eigenvalue weighted by atomic mass is 16.6. The predicted octanol–water partition coefficient (Wildman–Crippen LogP) is 1.50. The van der Waals surface area contributed by atoms with Gasteiger partial charge in [-0.2, -0.15) is 0 Å². The van der Waals surface area contributed by atoms with Crippen LogP contribution in [0.1, 0.15) is 12.0 Å². The Kier molecular flexibility index (Phi) is 4.74. The number of carbonyl (C=O) groups is 1.